The number of aromatic hydroxyl groups is 1. The molecule has 0 atom stereocenters. The number of imidazole rings is 1. The van der Waals surface area contributed by atoms with Crippen LogP contribution in [-0.4, -0.2) is 89.3 Å². The number of likely N-dealkylation sites (N-methyl/N-ethyl adjacent to an activating group) is 1. The van der Waals surface area contributed by atoms with Crippen LogP contribution in [0.2, 0.25) is 0 Å². The number of phenolic OH excluding ortho intramolecular Hbond substituents is 1. The number of aromatic amines is 1. The number of ether oxygens (including phenoxy) is 2. The van der Waals surface area contributed by atoms with Gasteiger partial charge < -0.3 is 29.8 Å². The van der Waals surface area contributed by atoms with Gasteiger partial charge in [-0.25, -0.2) is 9.97 Å². The summed E-state index contributed by atoms with van der Waals surface area (Å²) in [7, 11) is 3.72. The van der Waals surface area contributed by atoms with Crippen LogP contribution in [0.3, 0.4) is 0 Å². The summed E-state index contributed by atoms with van der Waals surface area (Å²) in [5.74, 6) is 1.58. The van der Waals surface area contributed by atoms with Crippen molar-refractivity contribution in [2.45, 2.75) is 0 Å². The number of methoxy groups -OCH3 is 1. The highest BCUT2D eigenvalue weighted by molar-refractivity contribution is 6.06. The van der Waals surface area contributed by atoms with Gasteiger partial charge >= 0.3 is 0 Å². The monoisotopic (exact) mass is 578 g/mol. The van der Waals surface area contributed by atoms with Crippen molar-refractivity contribution in [3.63, 3.8) is 0 Å². The number of anilines is 1. The predicted molar refractivity (Wildman–Crippen MR) is 167 cm³/mol. The minimum atomic E-state index is -0.240. The highest BCUT2D eigenvalue weighted by Gasteiger charge is 2.16. The van der Waals surface area contributed by atoms with E-state index in [4.69, 9.17) is 9.47 Å². The Balaban J connectivity index is 1.12. The smallest absolute Gasteiger partial charge is 0.255 e. The van der Waals surface area contributed by atoms with E-state index in [-0.39, 0.29) is 11.7 Å². The first-order chi connectivity index (χ1) is 21.0. The standard InChI is InChI=1S/C33H34N6O4/c1-38-14-16-39(17-15-38)18-19-43-25-9-7-24(8-10-25)35-32(41)23-5-11-28-29(21-23)37-31(36-28)27-20-22(6-12-30(27)40)26-4-3-13-34-33(26)42-2/h3-13,20-21,40H,14-19H2,1-2H3,(H,35,41)(H,36,37). The maximum Gasteiger partial charge on any atom is 0.255 e. The summed E-state index contributed by atoms with van der Waals surface area (Å²) in [6.45, 7) is 5.82. The number of pyridine rings is 1. The molecule has 1 fully saturated rings. The lowest BCUT2D eigenvalue weighted by Crippen LogP contribution is -2.45. The molecule has 0 saturated carbocycles. The molecule has 3 N–H and O–H groups in total. The number of rotatable bonds is 9. The molecule has 0 bridgehead atoms. The lowest BCUT2D eigenvalue weighted by molar-refractivity contribution is 0.102. The van der Waals surface area contributed by atoms with Crippen molar-refractivity contribution in [3.8, 4) is 39.9 Å². The Morgan fingerprint density at radius 3 is 2.60 bits per heavy atom. The second-order valence-electron chi connectivity index (χ2n) is 10.6. The maximum absolute atomic E-state index is 13.1. The highest BCUT2D eigenvalue weighted by Crippen LogP contribution is 2.35. The van der Waals surface area contributed by atoms with Crippen LogP contribution in [-0.2, 0) is 0 Å². The number of piperazine rings is 1. The number of phenols is 1. The SMILES string of the molecule is COc1ncccc1-c1ccc(O)c(-c2nc3ccc(C(=O)Nc4ccc(OCCN5CCN(C)CC5)cc4)cc3[nH]2)c1. The molecule has 3 aromatic carbocycles. The first kappa shape index (κ1) is 28.2. The lowest BCUT2D eigenvalue weighted by Gasteiger charge is -2.32. The molecule has 1 aliphatic heterocycles. The Hall–Kier alpha value is -4.93. The van der Waals surface area contributed by atoms with Gasteiger partial charge in [-0.1, -0.05) is 6.07 Å². The minimum absolute atomic E-state index is 0.0791. The van der Waals surface area contributed by atoms with E-state index in [2.05, 4.69) is 37.1 Å². The molecule has 5 aromatic rings. The number of carbonyl (C=O) groups is 1. The fourth-order valence-corrected chi connectivity index (χ4v) is 5.15. The molecule has 2 aromatic heterocycles. The quantitative estimate of drug-likeness (QED) is 0.227. The Bertz CT molecular complexity index is 1730. The normalized spacial score (nSPS) is 14.1. The van der Waals surface area contributed by atoms with Crippen LogP contribution >= 0.6 is 0 Å². The number of fused-ring (bicyclic) bond motifs is 1. The van der Waals surface area contributed by atoms with Crippen molar-refractivity contribution in [1.29, 1.82) is 0 Å². The van der Waals surface area contributed by atoms with Gasteiger partial charge in [0, 0.05) is 55.7 Å². The van der Waals surface area contributed by atoms with Gasteiger partial charge in [0.2, 0.25) is 5.88 Å². The van der Waals surface area contributed by atoms with E-state index in [1.54, 1.807) is 43.6 Å². The minimum Gasteiger partial charge on any atom is -0.507 e. The number of nitrogens with one attached hydrogen (secondary N) is 2. The van der Waals surface area contributed by atoms with Crippen molar-refractivity contribution in [1.82, 2.24) is 24.8 Å². The molecule has 1 aliphatic rings. The van der Waals surface area contributed by atoms with Gasteiger partial charge in [-0.2, -0.15) is 0 Å². The summed E-state index contributed by atoms with van der Waals surface area (Å²) < 4.78 is 11.3. The van der Waals surface area contributed by atoms with Gasteiger partial charge in [0.15, 0.2) is 0 Å². The third-order valence-electron chi connectivity index (χ3n) is 7.66. The number of carbonyl (C=O) groups excluding carboxylic acids is 1. The number of benzene rings is 3. The Labute approximate surface area is 249 Å². The van der Waals surface area contributed by atoms with E-state index in [0.717, 1.165) is 49.6 Å². The molecule has 220 valence electrons. The number of H-pyrrole nitrogens is 1. The van der Waals surface area contributed by atoms with Crippen molar-refractivity contribution in [3.05, 3.63) is 84.6 Å². The summed E-state index contributed by atoms with van der Waals surface area (Å²) in [5.41, 5.74) is 4.65. The van der Waals surface area contributed by atoms with Crippen LogP contribution < -0.4 is 14.8 Å². The van der Waals surface area contributed by atoms with E-state index >= 15 is 0 Å². The van der Waals surface area contributed by atoms with E-state index in [0.29, 0.717) is 46.2 Å². The Kier molecular flexibility index (Phi) is 8.21. The number of hydrogen-bond donors (Lipinski definition) is 3. The average molecular weight is 579 g/mol. The van der Waals surface area contributed by atoms with Gasteiger partial charge in [-0.3, -0.25) is 9.69 Å². The van der Waals surface area contributed by atoms with Crippen LogP contribution in [0.15, 0.2) is 79.0 Å². The number of aromatic nitrogens is 3. The predicted octanol–water partition coefficient (Wildman–Crippen LogP) is 4.88. The summed E-state index contributed by atoms with van der Waals surface area (Å²) in [6, 6.07) is 21.7. The number of nitrogens with zero attached hydrogens (tertiary/aromatic N) is 4. The van der Waals surface area contributed by atoms with Crippen molar-refractivity contribution in [2.24, 2.45) is 0 Å². The van der Waals surface area contributed by atoms with Crippen LogP contribution in [0.25, 0.3) is 33.5 Å². The lowest BCUT2D eigenvalue weighted by atomic mass is 10.0. The molecule has 0 aliphatic carbocycles. The number of amides is 1. The zero-order valence-corrected chi connectivity index (χ0v) is 24.2. The topological polar surface area (TPSA) is 116 Å². The molecule has 3 heterocycles. The third-order valence-corrected chi connectivity index (χ3v) is 7.66. The molecule has 0 spiro atoms. The summed E-state index contributed by atoms with van der Waals surface area (Å²) in [5, 5.41) is 13.6. The molecule has 10 nitrogen and oxygen atoms in total. The summed E-state index contributed by atoms with van der Waals surface area (Å²) >= 11 is 0. The Morgan fingerprint density at radius 1 is 1.00 bits per heavy atom. The molecule has 1 saturated heterocycles. The molecule has 0 unspecified atom stereocenters. The molecule has 6 rings (SSSR count). The fraction of sp³-hybridized carbons (Fsp3) is 0.242. The molecular weight excluding hydrogens is 544 g/mol. The first-order valence-electron chi connectivity index (χ1n) is 14.2. The first-order valence-corrected chi connectivity index (χ1v) is 14.2. The molecule has 10 heteroatoms. The van der Waals surface area contributed by atoms with Crippen molar-refractivity contribution >= 4 is 22.6 Å². The zero-order valence-electron chi connectivity index (χ0n) is 24.2. The van der Waals surface area contributed by atoms with Crippen LogP contribution in [0.4, 0.5) is 5.69 Å². The van der Waals surface area contributed by atoms with E-state index in [9.17, 15) is 9.90 Å². The maximum atomic E-state index is 13.1. The molecule has 1 amide bonds. The van der Waals surface area contributed by atoms with Gasteiger partial charge in [0.05, 0.1) is 23.7 Å². The van der Waals surface area contributed by atoms with E-state index in [1.807, 2.05) is 42.5 Å². The van der Waals surface area contributed by atoms with E-state index in [1.165, 1.54) is 0 Å². The third kappa shape index (κ3) is 6.45. The largest absolute Gasteiger partial charge is 0.507 e. The fourth-order valence-electron chi connectivity index (χ4n) is 5.15. The second kappa shape index (κ2) is 12.5. The van der Waals surface area contributed by atoms with Crippen LogP contribution in [0.5, 0.6) is 17.4 Å². The van der Waals surface area contributed by atoms with Gasteiger partial charge in [0.25, 0.3) is 5.91 Å². The van der Waals surface area contributed by atoms with Crippen molar-refractivity contribution in [2.75, 3.05) is 58.8 Å². The van der Waals surface area contributed by atoms with Crippen molar-refractivity contribution < 1.29 is 19.4 Å². The summed E-state index contributed by atoms with van der Waals surface area (Å²) in [4.78, 5) is 30.0. The molecule has 0 radical (unpaired) electrons. The van der Waals surface area contributed by atoms with E-state index < -0.39 is 0 Å². The Morgan fingerprint density at radius 2 is 1.81 bits per heavy atom. The molecule has 43 heavy (non-hydrogen) atoms. The van der Waals surface area contributed by atoms with Gasteiger partial charge in [-0.15, -0.1) is 0 Å². The average Bonchev–Trinajstić information content (AvgIpc) is 3.46. The van der Waals surface area contributed by atoms with Crippen LogP contribution in [0.1, 0.15) is 10.4 Å². The van der Waals surface area contributed by atoms with Gasteiger partial charge in [0.1, 0.15) is 23.9 Å². The summed E-state index contributed by atoms with van der Waals surface area (Å²) in [6.07, 6.45) is 1.66. The second-order valence-corrected chi connectivity index (χ2v) is 10.6. The zero-order chi connectivity index (χ0) is 29.8. The number of hydrogen-bond acceptors (Lipinski definition) is 8. The highest BCUT2D eigenvalue weighted by atomic mass is 16.5. The molecular formula is C33H34N6O4. The van der Waals surface area contributed by atoms with Gasteiger partial charge in [-0.05, 0) is 79.3 Å². The van der Waals surface area contributed by atoms with Crippen LogP contribution in [0, 0.1) is 0 Å².